The van der Waals surface area contributed by atoms with Crippen LogP contribution in [0.1, 0.15) is 18.1 Å². The molecule has 4 nitrogen and oxygen atoms in total. The van der Waals surface area contributed by atoms with Gasteiger partial charge in [-0.05, 0) is 25.0 Å². The Bertz CT molecular complexity index is 473. The predicted octanol–water partition coefficient (Wildman–Crippen LogP) is 2.35. The molecule has 1 unspecified atom stereocenters. The number of aromatic hydroxyl groups is 1. The number of methoxy groups -OCH3 is 1. The van der Waals surface area contributed by atoms with E-state index >= 15 is 0 Å². The topological polar surface area (TPSA) is 41.9 Å². The molecule has 110 valence electrons. The molecule has 20 heavy (non-hydrogen) atoms. The number of rotatable bonds is 5. The molecule has 0 amide bonds. The Morgan fingerprint density at radius 1 is 1.55 bits per heavy atom. The summed E-state index contributed by atoms with van der Waals surface area (Å²) in [5, 5.41) is 10.1. The summed E-state index contributed by atoms with van der Waals surface area (Å²) in [4.78, 5) is 2.38. The van der Waals surface area contributed by atoms with E-state index in [0.29, 0.717) is 18.2 Å². The van der Waals surface area contributed by atoms with Crippen LogP contribution < -0.4 is 4.74 Å². The van der Waals surface area contributed by atoms with E-state index in [4.69, 9.17) is 9.47 Å². The summed E-state index contributed by atoms with van der Waals surface area (Å²) in [6, 6.07) is 4.35. The second-order valence-corrected chi connectivity index (χ2v) is 5.19. The number of benzene rings is 1. The molecule has 0 aliphatic carbocycles. The lowest BCUT2D eigenvalue weighted by Gasteiger charge is -2.33. The molecule has 1 atom stereocenters. The van der Waals surface area contributed by atoms with Crippen molar-refractivity contribution in [1.82, 2.24) is 4.90 Å². The van der Waals surface area contributed by atoms with Crippen LogP contribution in [0.5, 0.6) is 11.5 Å². The van der Waals surface area contributed by atoms with Gasteiger partial charge in [0.1, 0.15) is 0 Å². The standard InChI is InChI=1S/C16H23NO3/c1-4-5-14-8-13(9-15(19-3)16(14)18)10-17-6-7-20-11-12(17)2/h4,8-9,12,18H,1,5-7,10-11H2,2-3H3. The summed E-state index contributed by atoms with van der Waals surface area (Å²) in [6.45, 7) is 9.22. The second kappa shape index (κ2) is 6.77. The van der Waals surface area contributed by atoms with E-state index < -0.39 is 0 Å². The average Bonchev–Trinajstić information content (AvgIpc) is 2.45. The van der Waals surface area contributed by atoms with Crippen LogP contribution in [0.15, 0.2) is 24.8 Å². The first-order valence-corrected chi connectivity index (χ1v) is 6.97. The maximum Gasteiger partial charge on any atom is 0.161 e. The third-order valence-corrected chi connectivity index (χ3v) is 3.69. The monoisotopic (exact) mass is 277 g/mol. The number of ether oxygens (including phenoxy) is 2. The van der Waals surface area contributed by atoms with Crippen LogP contribution >= 0.6 is 0 Å². The molecule has 0 spiro atoms. The van der Waals surface area contributed by atoms with Crippen LogP contribution in [-0.2, 0) is 17.7 Å². The first kappa shape index (κ1) is 14.9. The van der Waals surface area contributed by atoms with Crippen LogP contribution in [0.4, 0.5) is 0 Å². The smallest absolute Gasteiger partial charge is 0.161 e. The minimum atomic E-state index is 0.214. The normalized spacial score (nSPS) is 19.8. The van der Waals surface area contributed by atoms with Crippen molar-refractivity contribution in [1.29, 1.82) is 0 Å². The number of nitrogens with zero attached hydrogens (tertiary/aromatic N) is 1. The number of hydrogen-bond donors (Lipinski definition) is 1. The molecular weight excluding hydrogens is 254 g/mol. The zero-order chi connectivity index (χ0) is 14.5. The summed E-state index contributed by atoms with van der Waals surface area (Å²) >= 11 is 0. The van der Waals surface area contributed by atoms with Crippen molar-refractivity contribution in [2.24, 2.45) is 0 Å². The van der Waals surface area contributed by atoms with Gasteiger partial charge in [-0.25, -0.2) is 0 Å². The van der Waals surface area contributed by atoms with E-state index in [1.54, 1.807) is 13.2 Å². The van der Waals surface area contributed by atoms with Crippen molar-refractivity contribution in [3.8, 4) is 11.5 Å². The van der Waals surface area contributed by atoms with E-state index in [2.05, 4.69) is 18.4 Å². The molecular formula is C16H23NO3. The Morgan fingerprint density at radius 2 is 2.35 bits per heavy atom. The first-order chi connectivity index (χ1) is 9.65. The molecule has 0 saturated carbocycles. The summed E-state index contributed by atoms with van der Waals surface area (Å²) < 4.78 is 10.7. The molecule has 1 aliphatic rings. The fourth-order valence-corrected chi connectivity index (χ4v) is 2.52. The molecule has 2 rings (SSSR count). The van der Waals surface area contributed by atoms with Crippen LogP contribution in [0.3, 0.4) is 0 Å². The first-order valence-electron chi connectivity index (χ1n) is 6.97. The zero-order valence-corrected chi connectivity index (χ0v) is 12.3. The van der Waals surface area contributed by atoms with E-state index in [-0.39, 0.29) is 5.75 Å². The van der Waals surface area contributed by atoms with Gasteiger partial charge in [-0.15, -0.1) is 6.58 Å². The SMILES string of the molecule is C=CCc1cc(CN2CCOCC2C)cc(OC)c1O. The van der Waals surface area contributed by atoms with Crippen LogP contribution in [0, 0.1) is 0 Å². The van der Waals surface area contributed by atoms with Crippen molar-refractivity contribution in [3.05, 3.63) is 35.9 Å². The molecule has 0 bridgehead atoms. The van der Waals surface area contributed by atoms with E-state index in [0.717, 1.165) is 37.4 Å². The number of hydrogen-bond acceptors (Lipinski definition) is 4. The molecule has 1 aromatic carbocycles. The molecule has 1 heterocycles. The van der Waals surface area contributed by atoms with Gasteiger partial charge in [0, 0.05) is 24.7 Å². The third kappa shape index (κ3) is 3.32. The van der Waals surface area contributed by atoms with E-state index in [1.165, 1.54) is 0 Å². The third-order valence-electron chi connectivity index (χ3n) is 3.69. The number of phenolic OH excluding ortho intramolecular Hbond substituents is 1. The van der Waals surface area contributed by atoms with Crippen molar-refractivity contribution in [3.63, 3.8) is 0 Å². The van der Waals surface area contributed by atoms with Gasteiger partial charge in [-0.1, -0.05) is 12.1 Å². The molecule has 1 aliphatic heterocycles. The number of allylic oxidation sites excluding steroid dienone is 1. The quantitative estimate of drug-likeness (QED) is 0.839. The highest BCUT2D eigenvalue weighted by atomic mass is 16.5. The van der Waals surface area contributed by atoms with Gasteiger partial charge in [0.2, 0.25) is 0 Å². The molecule has 1 aromatic rings. The predicted molar refractivity (Wildman–Crippen MR) is 79.3 cm³/mol. The van der Waals surface area contributed by atoms with Crippen LogP contribution in [0.25, 0.3) is 0 Å². The van der Waals surface area contributed by atoms with Crippen LogP contribution in [-0.4, -0.2) is 42.9 Å². The van der Waals surface area contributed by atoms with Gasteiger partial charge in [0.05, 0.1) is 20.3 Å². The van der Waals surface area contributed by atoms with Crippen molar-refractivity contribution in [2.45, 2.75) is 25.9 Å². The van der Waals surface area contributed by atoms with E-state index in [9.17, 15) is 5.11 Å². The van der Waals surface area contributed by atoms with Crippen molar-refractivity contribution >= 4 is 0 Å². The van der Waals surface area contributed by atoms with Gasteiger partial charge in [-0.3, -0.25) is 4.90 Å². The maximum atomic E-state index is 10.1. The van der Waals surface area contributed by atoms with Gasteiger partial charge in [0.15, 0.2) is 11.5 Å². The molecule has 1 saturated heterocycles. The van der Waals surface area contributed by atoms with Crippen molar-refractivity contribution in [2.75, 3.05) is 26.9 Å². The maximum absolute atomic E-state index is 10.1. The van der Waals surface area contributed by atoms with Crippen molar-refractivity contribution < 1.29 is 14.6 Å². The number of morpholine rings is 1. The number of phenols is 1. The molecule has 1 fully saturated rings. The zero-order valence-electron chi connectivity index (χ0n) is 12.3. The fourth-order valence-electron chi connectivity index (χ4n) is 2.52. The Hall–Kier alpha value is -1.52. The Labute approximate surface area is 120 Å². The highest BCUT2D eigenvalue weighted by Crippen LogP contribution is 2.32. The summed E-state index contributed by atoms with van der Waals surface area (Å²) in [6.07, 6.45) is 2.42. The highest BCUT2D eigenvalue weighted by molar-refractivity contribution is 5.49. The lowest BCUT2D eigenvalue weighted by Crippen LogP contribution is -2.42. The molecule has 0 radical (unpaired) electrons. The molecule has 4 heteroatoms. The minimum absolute atomic E-state index is 0.214. The lowest BCUT2D eigenvalue weighted by atomic mass is 10.0. The van der Waals surface area contributed by atoms with Gasteiger partial charge in [0.25, 0.3) is 0 Å². The minimum Gasteiger partial charge on any atom is -0.504 e. The molecule has 1 N–H and O–H groups in total. The van der Waals surface area contributed by atoms with Gasteiger partial charge >= 0.3 is 0 Å². The summed E-state index contributed by atoms with van der Waals surface area (Å²) in [5.74, 6) is 0.742. The summed E-state index contributed by atoms with van der Waals surface area (Å²) in [7, 11) is 1.58. The largest absolute Gasteiger partial charge is 0.504 e. The second-order valence-electron chi connectivity index (χ2n) is 5.19. The van der Waals surface area contributed by atoms with Gasteiger partial charge < -0.3 is 14.6 Å². The Morgan fingerprint density at radius 3 is 3.00 bits per heavy atom. The molecule has 0 aromatic heterocycles. The summed E-state index contributed by atoms with van der Waals surface area (Å²) in [5.41, 5.74) is 2.00. The van der Waals surface area contributed by atoms with Crippen LogP contribution in [0.2, 0.25) is 0 Å². The lowest BCUT2D eigenvalue weighted by molar-refractivity contribution is -0.00440. The van der Waals surface area contributed by atoms with Gasteiger partial charge in [-0.2, -0.15) is 0 Å². The Balaban J connectivity index is 2.22. The van der Waals surface area contributed by atoms with E-state index in [1.807, 2.05) is 12.1 Å². The average molecular weight is 277 g/mol. The highest BCUT2D eigenvalue weighted by Gasteiger charge is 2.20. The Kier molecular flexibility index (Phi) is 5.04. The fraction of sp³-hybridized carbons (Fsp3) is 0.500.